The molecule has 2 aromatic rings. The summed E-state index contributed by atoms with van der Waals surface area (Å²) < 4.78 is 0.977. The second-order valence-corrected chi connectivity index (χ2v) is 7.29. The van der Waals surface area contributed by atoms with Crippen molar-refractivity contribution in [2.45, 2.75) is 6.04 Å². The van der Waals surface area contributed by atoms with Crippen molar-refractivity contribution in [1.29, 1.82) is 0 Å². The van der Waals surface area contributed by atoms with Crippen LogP contribution >= 0.6 is 34.4 Å². The molecule has 0 unspecified atom stereocenters. The first kappa shape index (κ1) is 16.3. The van der Waals surface area contributed by atoms with Crippen LogP contribution in [-0.2, 0) is 4.79 Å². The number of halogens is 1. The van der Waals surface area contributed by atoms with Crippen LogP contribution < -0.4 is 5.32 Å². The van der Waals surface area contributed by atoms with Crippen LogP contribution in [0.3, 0.4) is 0 Å². The van der Waals surface area contributed by atoms with Crippen LogP contribution in [0.2, 0.25) is 0 Å². The van der Waals surface area contributed by atoms with Gasteiger partial charge in [0.2, 0.25) is 5.91 Å². The zero-order valence-corrected chi connectivity index (χ0v) is 15.2. The van der Waals surface area contributed by atoms with Gasteiger partial charge in [-0.2, -0.15) is 0 Å². The summed E-state index contributed by atoms with van der Waals surface area (Å²) in [6, 6.07) is 16.3. The average Bonchev–Trinajstić information content (AvgIpc) is 3.07. The van der Waals surface area contributed by atoms with Crippen molar-refractivity contribution in [3.05, 3.63) is 63.7 Å². The summed E-state index contributed by atoms with van der Waals surface area (Å²) in [5.41, 5.74) is 1.39. The van der Waals surface area contributed by atoms with Crippen molar-refractivity contribution < 1.29 is 9.59 Å². The molecular formula is C17H15IN2O2S. The molecule has 0 radical (unpaired) electrons. The number of nitrogens with zero attached hydrogens (tertiary/aromatic N) is 1. The molecule has 1 atom stereocenters. The molecule has 1 fully saturated rings. The zero-order chi connectivity index (χ0) is 16.2. The second kappa shape index (κ2) is 7.35. The molecule has 0 aliphatic carbocycles. The van der Waals surface area contributed by atoms with Gasteiger partial charge in [-0.05, 0) is 46.9 Å². The van der Waals surface area contributed by atoms with Crippen molar-refractivity contribution >= 4 is 51.9 Å². The lowest BCUT2D eigenvalue weighted by molar-refractivity contribution is -0.119. The van der Waals surface area contributed by atoms with E-state index >= 15 is 0 Å². The number of benzene rings is 2. The van der Waals surface area contributed by atoms with Crippen molar-refractivity contribution in [1.82, 2.24) is 4.90 Å². The Morgan fingerprint density at radius 2 is 1.78 bits per heavy atom. The van der Waals surface area contributed by atoms with E-state index in [1.807, 2.05) is 42.5 Å². The molecule has 0 spiro atoms. The van der Waals surface area contributed by atoms with Gasteiger partial charge in [0, 0.05) is 14.9 Å². The maximum Gasteiger partial charge on any atom is 0.255 e. The molecule has 4 nitrogen and oxygen atoms in total. The van der Waals surface area contributed by atoms with E-state index in [0.29, 0.717) is 17.2 Å². The third-order valence-electron chi connectivity index (χ3n) is 3.60. The molecule has 0 aromatic heterocycles. The first-order chi connectivity index (χ1) is 11.2. The Morgan fingerprint density at radius 1 is 1.09 bits per heavy atom. The van der Waals surface area contributed by atoms with Crippen LogP contribution in [0.5, 0.6) is 0 Å². The smallest absolute Gasteiger partial charge is 0.255 e. The molecule has 1 aliphatic rings. The quantitative estimate of drug-likeness (QED) is 0.748. The van der Waals surface area contributed by atoms with Gasteiger partial charge in [0.15, 0.2) is 0 Å². The lowest BCUT2D eigenvalue weighted by atomic mass is 10.1. The topological polar surface area (TPSA) is 49.4 Å². The fourth-order valence-corrected chi connectivity index (χ4v) is 4.06. The van der Waals surface area contributed by atoms with Crippen molar-refractivity contribution in [3.63, 3.8) is 0 Å². The predicted octanol–water partition coefficient (Wildman–Crippen LogP) is 3.45. The van der Waals surface area contributed by atoms with Crippen molar-refractivity contribution in [2.75, 3.05) is 16.9 Å². The van der Waals surface area contributed by atoms with Gasteiger partial charge in [-0.15, -0.1) is 11.8 Å². The van der Waals surface area contributed by atoms with Gasteiger partial charge in [0.05, 0.1) is 11.6 Å². The summed E-state index contributed by atoms with van der Waals surface area (Å²) in [4.78, 5) is 26.8. The lowest BCUT2D eigenvalue weighted by Crippen LogP contribution is -2.44. The molecule has 6 heteroatoms. The number of carbonyl (C=O) groups excluding carboxylic acids is 2. The Kier molecular flexibility index (Phi) is 5.22. The lowest BCUT2D eigenvalue weighted by Gasteiger charge is -2.23. The van der Waals surface area contributed by atoms with Gasteiger partial charge < -0.3 is 10.2 Å². The Bertz CT molecular complexity index is 724. The molecule has 1 heterocycles. The van der Waals surface area contributed by atoms with Gasteiger partial charge in [-0.1, -0.05) is 30.3 Å². The summed E-state index contributed by atoms with van der Waals surface area (Å²) in [6.45, 7) is 0. The molecule has 0 saturated carbocycles. The maximum atomic E-state index is 12.6. The maximum absolute atomic E-state index is 12.6. The van der Waals surface area contributed by atoms with E-state index in [1.54, 1.807) is 28.8 Å². The fraction of sp³-hybridized carbons (Fsp3) is 0.176. The fourth-order valence-electron chi connectivity index (χ4n) is 2.39. The highest BCUT2D eigenvalue weighted by Crippen LogP contribution is 2.25. The summed E-state index contributed by atoms with van der Waals surface area (Å²) in [7, 11) is 0. The van der Waals surface area contributed by atoms with Crippen LogP contribution in [0.25, 0.3) is 0 Å². The first-order valence-corrected chi connectivity index (χ1v) is 9.39. The minimum Gasteiger partial charge on any atom is -0.323 e. The highest BCUT2D eigenvalue weighted by molar-refractivity contribution is 14.1. The molecule has 1 saturated heterocycles. The SMILES string of the molecule is O=C(Nc1ccccc1I)[C@@H]1CSCN1C(=O)c1ccccc1. The van der Waals surface area contributed by atoms with Gasteiger partial charge in [0.1, 0.15) is 6.04 Å². The minimum atomic E-state index is -0.441. The third-order valence-corrected chi connectivity index (χ3v) is 5.55. The van der Waals surface area contributed by atoms with Gasteiger partial charge in [-0.3, -0.25) is 9.59 Å². The highest BCUT2D eigenvalue weighted by Gasteiger charge is 2.35. The Hall–Kier alpha value is -1.54. The average molecular weight is 438 g/mol. The van der Waals surface area contributed by atoms with E-state index in [-0.39, 0.29) is 11.8 Å². The summed E-state index contributed by atoms with van der Waals surface area (Å²) in [5.74, 6) is 0.924. The zero-order valence-electron chi connectivity index (χ0n) is 12.2. The number of rotatable bonds is 3. The highest BCUT2D eigenvalue weighted by atomic mass is 127. The number of amides is 2. The number of thioether (sulfide) groups is 1. The molecule has 118 valence electrons. The van der Waals surface area contributed by atoms with E-state index in [9.17, 15) is 9.59 Å². The van der Waals surface area contributed by atoms with Crippen LogP contribution in [-0.4, -0.2) is 34.4 Å². The van der Waals surface area contributed by atoms with Gasteiger partial charge in [0.25, 0.3) is 5.91 Å². The van der Waals surface area contributed by atoms with Crippen LogP contribution in [0.1, 0.15) is 10.4 Å². The van der Waals surface area contributed by atoms with E-state index < -0.39 is 6.04 Å². The molecule has 23 heavy (non-hydrogen) atoms. The van der Waals surface area contributed by atoms with Crippen molar-refractivity contribution in [3.8, 4) is 0 Å². The van der Waals surface area contributed by atoms with E-state index in [1.165, 1.54) is 0 Å². The number of para-hydroxylation sites is 1. The molecule has 0 bridgehead atoms. The first-order valence-electron chi connectivity index (χ1n) is 7.16. The van der Waals surface area contributed by atoms with Crippen LogP contribution in [0.15, 0.2) is 54.6 Å². The second-order valence-electron chi connectivity index (χ2n) is 5.13. The van der Waals surface area contributed by atoms with Crippen molar-refractivity contribution in [2.24, 2.45) is 0 Å². The standard InChI is InChI=1S/C17H15IN2O2S/c18-13-8-4-5-9-14(13)19-16(21)15-10-23-11-20(15)17(22)12-6-2-1-3-7-12/h1-9,15H,10-11H2,(H,19,21)/t15-/m0/s1. The number of anilines is 1. The molecule has 2 aromatic carbocycles. The number of nitrogens with one attached hydrogen (secondary N) is 1. The van der Waals surface area contributed by atoms with Gasteiger partial charge in [-0.25, -0.2) is 0 Å². The molecular weight excluding hydrogens is 423 g/mol. The number of hydrogen-bond donors (Lipinski definition) is 1. The largest absolute Gasteiger partial charge is 0.323 e. The normalized spacial score (nSPS) is 17.1. The molecule has 3 rings (SSSR count). The predicted molar refractivity (Wildman–Crippen MR) is 102 cm³/mol. The third kappa shape index (κ3) is 3.69. The van der Waals surface area contributed by atoms with Crippen LogP contribution in [0.4, 0.5) is 5.69 Å². The van der Waals surface area contributed by atoms with E-state index in [2.05, 4.69) is 27.9 Å². The van der Waals surface area contributed by atoms with Gasteiger partial charge >= 0.3 is 0 Å². The molecule has 1 N–H and O–H groups in total. The molecule has 1 aliphatic heterocycles. The Balaban J connectivity index is 1.75. The van der Waals surface area contributed by atoms with E-state index in [0.717, 1.165) is 9.26 Å². The van der Waals surface area contributed by atoms with Crippen LogP contribution in [0, 0.1) is 3.57 Å². The summed E-state index contributed by atoms with van der Waals surface area (Å²) in [5, 5.41) is 2.93. The Labute approximate surface area is 152 Å². The molecule has 2 amide bonds. The monoisotopic (exact) mass is 438 g/mol. The summed E-state index contributed by atoms with van der Waals surface area (Å²) in [6.07, 6.45) is 0. The number of carbonyl (C=O) groups is 2. The summed E-state index contributed by atoms with van der Waals surface area (Å²) >= 11 is 3.78. The number of hydrogen-bond acceptors (Lipinski definition) is 3. The Morgan fingerprint density at radius 3 is 2.52 bits per heavy atom. The minimum absolute atomic E-state index is 0.0986. The van der Waals surface area contributed by atoms with E-state index in [4.69, 9.17) is 0 Å².